The predicted octanol–water partition coefficient (Wildman–Crippen LogP) is 1.35. The first-order valence-electron chi connectivity index (χ1n) is 6.94. The van der Waals surface area contributed by atoms with Crippen LogP contribution in [0.2, 0.25) is 0 Å². The van der Waals surface area contributed by atoms with Gasteiger partial charge in [0, 0.05) is 17.6 Å². The van der Waals surface area contributed by atoms with Gasteiger partial charge in [0.1, 0.15) is 0 Å². The molecule has 1 fully saturated rings. The second-order valence-electron chi connectivity index (χ2n) is 5.46. The van der Waals surface area contributed by atoms with Crippen LogP contribution in [0.4, 0.5) is 5.69 Å². The lowest BCUT2D eigenvalue weighted by molar-refractivity contribution is -0.122. The standard InChI is InChI=1S/C15H21N3O2/c1-9-3-2-4-12(16)13(9)15(20)18-11-7-5-10(6-8-11)14(17)19/h2-4,10-11H,5-8,16H2,1H3,(H2,17,19)(H,18,20). The van der Waals surface area contributed by atoms with Crippen molar-refractivity contribution >= 4 is 17.5 Å². The van der Waals surface area contributed by atoms with Crippen molar-refractivity contribution in [3.63, 3.8) is 0 Å². The molecule has 20 heavy (non-hydrogen) atoms. The third-order valence-electron chi connectivity index (χ3n) is 4.00. The number of primary amides is 1. The van der Waals surface area contributed by atoms with E-state index in [4.69, 9.17) is 11.5 Å². The molecule has 0 aromatic heterocycles. The van der Waals surface area contributed by atoms with Gasteiger partial charge >= 0.3 is 0 Å². The predicted molar refractivity (Wildman–Crippen MR) is 78.0 cm³/mol. The normalized spacial score (nSPS) is 22.2. The van der Waals surface area contributed by atoms with Crippen LogP contribution in [0.25, 0.3) is 0 Å². The van der Waals surface area contributed by atoms with E-state index < -0.39 is 0 Å². The molecule has 5 nitrogen and oxygen atoms in total. The zero-order valence-electron chi connectivity index (χ0n) is 11.7. The first-order chi connectivity index (χ1) is 9.49. The fourth-order valence-corrected chi connectivity index (χ4v) is 2.78. The van der Waals surface area contributed by atoms with Crippen LogP contribution in [0.1, 0.15) is 41.6 Å². The van der Waals surface area contributed by atoms with E-state index in [0.29, 0.717) is 11.3 Å². The fourth-order valence-electron chi connectivity index (χ4n) is 2.78. The second-order valence-corrected chi connectivity index (χ2v) is 5.46. The zero-order chi connectivity index (χ0) is 14.7. The molecule has 108 valence electrons. The number of nitrogens with one attached hydrogen (secondary N) is 1. The van der Waals surface area contributed by atoms with Crippen LogP contribution in [0.5, 0.6) is 0 Å². The summed E-state index contributed by atoms with van der Waals surface area (Å²) in [6, 6.07) is 5.53. The number of nitrogens with two attached hydrogens (primary N) is 2. The summed E-state index contributed by atoms with van der Waals surface area (Å²) < 4.78 is 0. The van der Waals surface area contributed by atoms with E-state index in [1.165, 1.54) is 0 Å². The molecule has 0 heterocycles. The van der Waals surface area contributed by atoms with E-state index in [2.05, 4.69) is 5.32 Å². The zero-order valence-corrected chi connectivity index (χ0v) is 11.7. The van der Waals surface area contributed by atoms with Crippen LogP contribution in [-0.4, -0.2) is 17.9 Å². The minimum atomic E-state index is -0.238. The monoisotopic (exact) mass is 275 g/mol. The fraction of sp³-hybridized carbons (Fsp3) is 0.467. The largest absolute Gasteiger partial charge is 0.398 e. The SMILES string of the molecule is Cc1cccc(N)c1C(=O)NC1CCC(C(N)=O)CC1. The molecule has 0 bridgehead atoms. The molecule has 0 spiro atoms. The first kappa shape index (κ1) is 14.4. The second kappa shape index (κ2) is 5.94. The molecule has 1 saturated carbocycles. The molecule has 1 aliphatic rings. The Kier molecular flexibility index (Phi) is 4.27. The van der Waals surface area contributed by atoms with Gasteiger partial charge in [-0.25, -0.2) is 0 Å². The van der Waals surface area contributed by atoms with Crippen LogP contribution in [0.15, 0.2) is 18.2 Å². The summed E-state index contributed by atoms with van der Waals surface area (Å²) in [4.78, 5) is 23.4. The number of aryl methyl sites for hydroxylation is 1. The highest BCUT2D eigenvalue weighted by Crippen LogP contribution is 2.25. The van der Waals surface area contributed by atoms with Crippen LogP contribution in [-0.2, 0) is 4.79 Å². The van der Waals surface area contributed by atoms with Crippen molar-refractivity contribution in [3.8, 4) is 0 Å². The highest BCUT2D eigenvalue weighted by atomic mass is 16.2. The van der Waals surface area contributed by atoms with Gasteiger partial charge in [0.25, 0.3) is 5.91 Å². The highest BCUT2D eigenvalue weighted by molar-refractivity contribution is 6.00. The molecule has 0 radical (unpaired) electrons. The Hall–Kier alpha value is -2.04. The molecule has 1 aromatic rings. The Balaban J connectivity index is 1.98. The molecule has 0 aliphatic heterocycles. The minimum Gasteiger partial charge on any atom is -0.398 e. The van der Waals surface area contributed by atoms with E-state index in [1.54, 1.807) is 6.07 Å². The average molecular weight is 275 g/mol. The van der Waals surface area contributed by atoms with Crippen molar-refractivity contribution in [2.45, 2.75) is 38.6 Å². The van der Waals surface area contributed by atoms with E-state index in [-0.39, 0.29) is 23.8 Å². The van der Waals surface area contributed by atoms with Crippen LogP contribution >= 0.6 is 0 Å². The average Bonchev–Trinajstić information content (AvgIpc) is 2.39. The summed E-state index contributed by atoms with van der Waals surface area (Å²) in [6.45, 7) is 1.87. The van der Waals surface area contributed by atoms with E-state index in [9.17, 15) is 9.59 Å². The van der Waals surface area contributed by atoms with Gasteiger partial charge in [-0.1, -0.05) is 12.1 Å². The lowest BCUT2D eigenvalue weighted by atomic mass is 9.85. The smallest absolute Gasteiger partial charge is 0.253 e. The third-order valence-corrected chi connectivity index (χ3v) is 4.00. The molecule has 2 amide bonds. The van der Waals surface area contributed by atoms with Crippen LogP contribution in [0.3, 0.4) is 0 Å². The molecule has 1 aromatic carbocycles. The van der Waals surface area contributed by atoms with Crippen molar-refractivity contribution in [3.05, 3.63) is 29.3 Å². The molecule has 1 aliphatic carbocycles. The number of nitrogen functional groups attached to an aromatic ring is 1. The highest BCUT2D eigenvalue weighted by Gasteiger charge is 2.26. The van der Waals surface area contributed by atoms with Gasteiger partial charge < -0.3 is 16.8 Å². The third kappa shape index (κ3) is 3.10. The molecule has 5 heteroatoms. The van der Waals surface area contributed by atoms with Gasteiger partial charge in [0.2, 0.25) is 5.91 Å². The van der Waals surface area contributed by atoms with E-state index >= 15 is 0 Å². The Bertz CT molecular complexity index is 500. The van der Waals surface area contributed by atoms with Gasteiger partial charge in [-0.15, -0.1) is 0 Å². The Morgan fingerprint density at radius 2 is 1.85 bits per heavy atom. The van der Waals surface area contributed by atoms with Gasteiger partial charge in [-0.05, 0) is 44.2 Å². The van der Waals surface area contributed by atoms with Crippen molar-refractivity contribution < 1.29 is 9.59 Å². The van der Waals surface area contributed by atoms with Crippen molar-refractivity contribution in [2.24, 2.45) is 11.7 Å². The maximum Gasteiger partial charge on any atom is 0.253 e. The number of hydrogen-bond acceptors (Lipinski definition) is 3. The quantitative estimate of drug-likeness (QED) is 0.726. The number of rotatable bonds is 3. The summed E-state index contributed by atoms with van der Waals surface area (Å²) in [7, 11) is 0. The maximum atomic E-state index is 12.3. The number of amides is 2. The van der Waals surface area contributed by atoms with Gasteiger partial charge in [-0.3, -0.25) is 9.59 Å². The first-order valence-corrected chi connectivity index (χ1v) is 6.94. The molecule has 5 N–H and O–H groups in total. The maximum absolute atomic E-state index is 12.3. The number of carbonyl (C=O) groups excluding carboxylic acids is 2. The minimum absolute atomic E-state index is 0.0494. The van der Waals surface area contributed by atoms with E-state index in [1.807, 2.05) is 19.1 Å². The summed E-state index contributed by atoms with van der Waals surface area (Å²) in [5.41, 5.74) is 13.1. The van der Waals surface area contributed by atoms with Crippen LogP contribution in [0, 0.1) is 12.8 Å². The lowest BCUT2D eigenvalue weighted by Crippen LogP contribution is -2.40. The summed E-state index contributed by atoms with van der Waals surface area (Å²) >= 11 is 0. The molecule has 0 unspecified atom stereocenters. The molecular weight excluding hydrogens is 254 g/mol. The molecule has 0 saturated heterocycles. The number of carbonyl (C=O) groups is 2. The Morgan fingerprint density at radius 3 is 2.40 bits per heavy atom. The van der Waals surface area contributed by atoms with Gasteiger partial charge in [-0.2, -0.15) is 0 Å². The van der Waals surface area contributed by atoms with Crippen molar-refractivity contribution in [2.75, 3.05) is 5.73 Å². The van der Waals surface area contributed by atoms with Gasteiger partial charge in [0.15, 0.2) is 0 Å². The number of hydrogen-bond donors (Lipinski definition) is 3. The van der Waals surface area contributed by atoms with E-state index in [0.717, 1.165) is 31.2 Å². The summed E-state index contributed by atoms with van der Waals surface area (Å²) in [5, 5.41) is 3.01. The molecular formula is C15H21N3O2. The van der Waals surface area contributed by atoms with Crippen molar-refractivity contribution in [1.82, 2.24) is 5.32 Å². The van der Waals surface area contributed by atoms with Gasteiger partial charge in [0.05, 0.1) is 5.56 Å². The number of benzene rings is 1. The summed E-state index contributed by atoms with van der Waals surface area (Å²) in [6.07, 6.45) is 3.04. The Labute approximate surface area is 118 Å². The lowest BCUT2D eigenvalue weighted by Gasteiger charge is -2.27. The van der Waals surface area contributed by atoms with Crippen molar-refractivity contribution in [1.29, 1.82) is 0 Å². The topological polar surface area (TPSA) is 98.2 Å². The molecule has 2 rings (SSSR count). The molecule has 0 atom stereocenters. The number of anilines is 1. The Morgan fingerprint density at radius 1 is 1.20 bits per heavy atom. The van der Waals surface area contributed by atoms with Crippen LogP contribution < -0.4 is 16.8 Å². The summed E-state index contributed by atoms with van der Waals surface area (Å²) in [5.74, 6) is -0.423.